The molecule has 0 saturated carbocycles. The maximum absolute atomic E-state index is 6.12. The van der Waals surface area contributed by atoms with E-state index in [9.17, 15) is 0 Å². The van der Waals surface area contributed by atoms with E-state index in [-0.39, 0.29) is 6.04 Å². The zero-order valence-corrected chi connectivity index (χ0v) is 10.1. The van der Waals surface area contributed by atoms with Gasteiger partial charge in [-0.05, 0) is 42.5 Å². The molecule has 2 heterocycles. The molecular weight excluding hydrogens is 228 g/mol. The smallest absolute Gasteiger partial charge is 0.125 e. The minimum Gasteiger partial charge on any atom is -0.361 e. The average molecular weight is 242 g/mol. The molecule has 0 aliphatic rings. The first-order chi connectivity index (χ1) is 8.74. The van der Waals surface area contributed by atoms with E-state index in [1.807, 2.05) is 19.2 Å². The van der Waals surface area contributed by atoms with E-state index in [1.165, 1.54) is 10.9 Å². The van der Waals surface area contributed by atoms with Gasteiger partial charge < -0.3 is 10.7 Å². The average Bonchev–Trinajstić information content (AvgIpc) is 2.96. The summed E-state index contributed by atoms with van der Waals surface area (Å²) in [6.45, 7) is 1.85. The second kappa shape index (κ2) is 4.27. The maximum atomic E-state index is 6.12. The molecule has 0 spiro atoms. The van der Waals surface area contributed by atoms with Crippen LogP contribution in [0.1, 0.15) is 23.0 Å². The molecule has 0 amide bonds. The van der Waals surface area contributed by atoms with Gasteiger partial charge in [0.15, 0.2) is 0 Å². The molecule has 1 unspecified atom stereocenters. The fraction of sp³-hybridized carbons (Fsp3) is 0.231. The van der Waals surface area contributed by atoms with Crippen LogP contribution in [0.4, 0.5) is 0 Å². The van der Waals surface area contributed by atoms with Crippen LogP contribution in [0.2, 0.25) is 0 Å². The summed E-state index contributed by atoms with van der Waals surface area (Å²) in [6.07, 6.45) is 2.65. The number of hydrogen-bond acceptors (Lipinski definition) is 4. The highest BCUT2D eigenvalue weighted by Gasteiger charge is 2.15. The van der Waals surface area contributed by atoms with Gasteiger partial charge >= 0.3 is 0 Å². The van der Waals surface area contributed by atoms with Gasteiger partial charge in [0.2, 0.25) is 0 Å². The van der Waals surface area contributed by atoms with Gasteiger partial charge in [0.1, 0.15) is 11.4 Å². The second-order valence-corrected chi connectivity index (χ2v) is 4.44. The number of benzene rings is 1. The van der Waals surface area contributed by atoms with Crippen LogP contribution in [-0.2, 0) is 6.42 Å². The molecule has 3 rings (SSSR count). The van der Waals surface area contributed by atoms with Gasteiger partial charge in [0, 0.05) is 11.7 Å². The van der Waals surface area contributed by atoms with Gasteiger partial charge in [0.05, 0.1) is 6.04 Å². The van der Waals surface area contributed by atoms with Crippen molar-refractivity contribution in [2.24, 2.45) is 5.73 Å². The van der Waals surface area contributed by atoms with Crippen molar-refractivity contribution in [2.75, 3.05) is 0 Å². The second-order valence-electron chi connectivity index (χ2n) is 4.44. The molecule has 0 aliphatic carbocycles. The van der Waals surface area contributed by atoms with Crippen LogP contribution >= 0.6 is 0 Å². The van der Waals surface area contributed by atoms with Crippen molar-refractivity contribution < 1.29 is 4.63 Å². The lowest BCUT2D eigenvalue weighted by atomic mass is 10.0. The molecule has 0 aliphatic heterocycles. The van der Waals surface area contributed by atoms with Gasteiger partial charge in [-0.2, -0.15) is 0 Å². The van der Waals surface area contributed by atoms with E-state index in [2.05, 4.69) is 38.1 Å². The van der Waals surface area contributed by atoms with Crippen molar-refractivity contribution in [3.05, 3.63) is 47.4 Å². The minimum absolute atomic E-state index is 0.187. The summed E-state index contributed by atoms with van der Waals surface area (Å²) < 4.78 is 4.68. The first-order valence-electron chi connectivity index (χ1n) is 5.84. The number of nitrogens with one attached hydrogen (secondary N) is 1. The number of hydrogen-bond donors (Lipinski definition) is 2. The summed E-state index contributed by atoms with van der Waals surface area (Å²) in [6, 6.07) is 8.13. The third kappa shape index (κ3) is 1.89. The lowest BCUT2D eigenvalue weighted by molar-refractivity contribution is 0.299. The molecule has 1 aromatic carbocycles. The van der Waals surface area contributed by atoms with Gasteiger partial charge in [-0.15, -0.1) is 0 Å². The highest BCUT2D eigenvalue weighted by Crippen LogP contribution is 2.20. The predicted octanol–water partition coefficient (Wildman–Crippen LogP) is 2.10. The summed E-state index contributed by atoms with van der Waals surface area (Å²) >= 11 is 0. The lowest BCUT2D eigenvalue weighted by Crippen LogP contribution is -2.14. The van der Waals surface area contributed by atoms with Crippen LogP contribution < -0.4 is 5.73 Å². The Morgan fingerprint density at radius 3 is 3.00 bits per heavy atom. The summed E-state index contributed by atoms with van der Waals surface area (Å²) in [4.78, 5) is 3.17. The quantitative estimate of drug-likeness (QED) is 0.737. The maximum Gasteiger partial charge on any atom is 0.125 e. The van der Waals surface area contributed by atoms with Crippen LogP contribution in [0.5, 0.6) is 0 Å². The van der Waals surface area contributed by atoms with E-state index in [0.29, 0.717) is 0 Å². The van der Waals surface area contributed by atoms with Gasteiger partial charge in [0.25, 0.3) is 0 Å². The van der Waals surface area contributed by atoms with Gasteiger partial charge in [-0.25, -0.2) is 4.63 Å². The fourth-order valence-corrected chi connectivity index (χ4v) is 2.15. The Bertz CT molecular complexity index is 670. The summed E-state index contributed by atoms with van der Waals surface area (Å²) in [5.41, 5.74) is 9.91. The topological polar surface area (TPSA) is 80.7 Å². The monoisotopic (exact) mass is 242 g/mol. The predicted molar refractivity (Wildman–Crippen MR) is 68.0 cm³/mol. The van der Waals surface area contributed by atoms with Crippen molar-refractivity contribution in [1.29, 1.82) is 0 Å². The van der Waals surface area contributed by atoms with Crippen LogP contribution in [0, 0.1) is 6.92 Å². The number of aromatic nitrogens is 3. The van der Waals surface area contributed by atoms with Crippen molar-refractivity contribution in [3.8, 4) is 0 Å². The first kappa shape index (κ1) is 11.0. The van der Waals surface area contributed by atoms with Crippen LogP contribution in [-0.4, -0.2) is 15.3 Å². The van der Waals surface area contributed by atoms with Gasteiger partial charge in [-0.3, -0.25) is 0 Å². The third-order valence-electron chi connectivity index (χ3n) is 3.11. The molecular formula is C13H14N4O. The zero-order chi connectivity index (χ0) is 12.5. The summed E-state index contributed by atoms with van der Waals surface area (Å²) in [7, 11) is 0. The SMILES string of the molecule is Cc1nonc1C(N)Cc1ccc2[nH]ccc2c1. The molecule has 0 fully saturated rings. The fourth-order valence-electron chi connectivity index (χ4n) is 2.15. The summed E-state index contributed by atoms with van der Waals surface area (Å²) in [5.74, 6) is 0. The van der Waals surface area contributed by atoms with E-state index >= 15 is 0 Å². The number of fused-ring (bicyclic) bond motifs is 1. The van der Waals surface area contributed by atoms with Crippen molar-refractivity contribution in [2.45, 2.75) is 19.4 Å². The lowest BCUT2D eigenvalue weighted by Gasteiger charge is -2.08. The molecule has 5 nitrogen and oxygen atoms in total. The van der Waals surface area contributed by atoms with E-state index in [4.69, 9.17) is 5.73 Å². The largest absolute Gasteiger partial charge is 0.361 e. The molecule has 2 aromatic heterocycles. The first-order valence-corrected chi connectivity index (χ1v) is 5.84. The number of H-pyrrole nitrogens is 1. The zero-order valence-electron chi connectivity index (χ0n) is 10.1. The molecule has 0 bridgehead atoms. The standard InChI is InChI=1S/C13H14N4O/c1-8-13(17-18-16-8)11(14)7-9-2-3-12-10(6-9)4-5-15-12/h2-6,11,15H,7,14H2,1H3. The number of nitrogens with zero attached hydrogens (tertiary/aromatic N) is 2. The van der Waals surface area contributed by atoms with Gasteiger partial charge in [-0.1, -0.05) is 16.4 Å². The molecule has 92 valence electrons. The molecule has 3 N–H and O–H groups in total. The molecule has 5 heteroatoms. The number of nitrogens with two attached hydrogens (primary N) is 1. The van der Waals surface area contributed by atoms with Crippen LogP contribution in [0.3, 0.4) is 0 Å². The molecule has 0 saturated heterocycles. The Morgan fingerprint density at radius 1 is 1.33 bits per heavy atom. The Kier molecular flexibility index (Phi) is 2.60. The Balaban J connectivity index is 1.85. The Hall–Kier alpha value is -2.14. The number of rotatable bonds is 3. The Morgan fingerprint density at radius 2 is 2.22 bits per heavy atom. The highest BCUT2D eigenvalue weighted by atomic mass is 16.6. The molecule has 18 heavy (non-hydrogen) atoms. The van der Waals surface area contributed by atoms with Crippen molar-refractivity contribution in [3.63, 3.8) is 0 Å². The molecule has 0 radical (unpaired) electrons. The molecule has 3 aromatic rings. The third-order valence-corrected chi connectivity index (χ3v) is 3.11. The van der Waals surface area contributed by atoms with Crippen LogP contribution in [0.25, 0.3) is 10.9 Å². The number of aromatic amines is 1. The van der Waals surface area contributed by atoms with Crippen molar-refractivity contribution >= 4 is 10.9 Å². The van der Waals surface area contributed by atoms with Crippen molar-refractivity contribution in [1.82, 2.24) is 15.3 Å². The Labute approximate surface area is 104 Å². The molecule has 1 atom stereocenters. The van der Waals surface area contributed by atoms with E-state index < -0.39 is 0 Å². The number of aryl methyl sites for hydroxylation is 1. The highest BCUT2D eigenvalue weighted by molar-refractivity contribution is 5.79. The normalized spacial score (nSPS) is 13.0. The van der Waals surface area contributed by atoms with E-state index in [1.54, 1.807) is 0 Å². The summed E-state index contributed by atoms with van der Waals surface area (Å²) in [5, 5.41) is 8.79. The minimum atomic E-state index is -0.187. The van der Waals surface area contributed by atoms with E-state index in [0.717, 1.165) is 23.3 Å². The van der Waals surface area contributed by atoms with Crippen LogP contribution in [0.15, 0.2) is 35.1 Å².